The van der Waals surface area contributed by atoms with E-state index in [0.717, 1.165) is 6.07 Å². The second kappa shape index (κ2) is 5.67. The van der Waals surface area contributed by atoms with Crippen LogP contribution in [0, 0.1) is 5.82 Å². The van der Waals surface area contributed by atoms with Crippen molar-refractivity contribution in [2.24, 2.45) is 0 Å². The van der Waals surface area contributed by atoms with Crippen molar-refractivity contribution in [1.29, 1.82) is 0 Å². The largest absolute Gasteiger partial charge is 0.294 e. The summed E-state index contributed by atoms with van der Waals surface area (Å²) >= 11 is 5.57. The number of carbonyl (C=O) groups excluding carboxylic acids is 2. The monoisotopic (exact) mass is 278 g/mol. The van der Waals surface area contributed by atoms with Crippen molar-refractivity contribution >= 4 is 23.2 Å². The SMILES string of the molecule is O=C(CC(=O)c1ncccn1)c1ccc(F)c(Cl)c1. The number of carbonyl (C=O) groups is 2. The number of Topliss-reactive ketones (excluding diaryl/α,β-unsaturated/α-hetero) is 2. The molecule has 19 heavy (non-hydrogen) atoms. The van der Waals surface area contributed by atoms with Crippen LogP contribution in [0.5, 0.6) is 0 Å². The van der Waals surface area contributed by atoms with E-state index >= 15 is 0 Å². The van der Waals surface area contributed by atoms with Crippen molar-refractivity contribution in [3.05, 3.63) is 58.9 Å². The molecule has 0 saturated heterocycles. The van der Waals surface area contributed by atoms with Crippen LogP contribution in [0.1, 0.15) is 27.4 Å². The molecule has 1 aromatic carbocycles. The number of ketones is 2. The summed E-state index contributed by atoms with van der Waals surface area (Å²) in [6.45, 7) is 0. The van der Waals surface area contributed by atoms with Gasteiger partial charge in [0.25, 0.3) is 0 Å². The highest BCUT2D eigenvalue weighted by atomic mass is 35.5. The van der Waals surface area contributed by atoms with E-state index in [0.29, 0.717) is 0 Å². The van der Waals surface area contributed by atoms with Gasteiger partial charge in [-0.15, -0.1) is 0 Å². The molecule has 0 atom stereocenters. The first-order valence-corrected chi connectivity index (χ1v) is 5.74. The molecule has 0 aliphatic carbocycles. The molecule has 0 aliphatic rings. The van der Waals surface area contributed by atoms with Crippen molar-refractivity contribution in [2.45, 2.75) is 6.42 Å². The van der Waals surface area contributed by atoms with Crippen LogP contribution in [0.25, 0.3) is 0 Å². The summed E-state index contributed by atoms with van der Waals surface area (Å²) in [5.74, 6) is -1.59. The molecule has 1 aromatic heterocycles. The zero-order valence-electron chi connectivity index (χ0n) is 9.64. The number of hydrogen-bond acceptors (Lipinski definition) is 4. The minimum absolute atomic E-state index is 0.0240. The van der Waals surface area contributed by atoms with Crippen molar-refractivity contribution < 1.29 is 14.0 Å². The van der Waals surface area contributed by atoms with E-state index in [-0.39, 0.29) is 22.8 Å². The topological polar surface area (TPSA) is 59.9 Å². The first kappa shape index (κ1) is 13.3. The highest BCUT2D eigenvalue weighted by molar-refractivity contribution is 6.31. The van der Waals surface area contributed by atoms with E-state index in [1.54, 1.807) is 6.07 Å². The molecule has 6 heteroatoms. The maximum Gasteiger partial charge on any atom is 0.207 e. The maximum absolute atomic E-state index is 13.0. The first-order valence-electron chi connectivity index (χ1n) is 5.36. The molecule has 1 heterocycles. The normalized spacial score (nSPS) is 10.2. The summed E-state index contributed by atoms with van der Waals surface area (Å²) in [4.78, 5) is 31.1. The minimum atomic E-state index is -0.615. The fourth-order valence-electron chi connectivity index (χ4n) is 1.44. The summed E-state index contributed by atoms with van der Waals surface area (Å²) < 4.78 is 13.0. The predicted octanol–water partition coefficient (Wildman–Crippen LogP) is 2.72. The Hall–Kier alpha value is -2.14. The van der Waals surface area contributed by atoms with E-state index in [9.17, 15) is 14.0 Å². The molecule has 2 aromatic rings. The van der Waals surface area contributed by atoms with Crippen molar-refractivity contribution in [2.75, 3.05) is 0 Å². The Balaban J connectivity index is 2.13. The number of hydrogen-bond donors (Lipinski definition) is 0. The van der Waals surface area contributed by atoms with Crippen molar-refractivity contribution in [3.63, 3.8) is 0 Å². The van der Waals surface area contributed by atoms with Gasteiger partial charge in [0.05, 0.1) is 11.4 Å². The highest BCUT2D eigenvalue weighted by Crippen LogP contribution is 2.17. The molecule has 0 spiro atoms. The molecule has 0 amide bonds. The van der Waals surface area contributed by atoms with Gasteiger partial charge in [-0.05, 0) is 24.3 Å². The molecule has 0 fully saturated rings. The molecule has 4 nitrogen and oxygen atoms in total. The van der Waals surface area contributed by atoms with Crippen molar-refractivity contribution in [1.82, 2.24) is 9.97 Å². The lowest BCUT2D eigenvalue weighted by atomic mass is 10.1. The predicted molar refractivity (Wildman–Crippen MR) is 66.7 cm³/mol. The van der Waals surface area contributed by atoms with Gasteiger partial charge < -0.3 is 0 Å². The van der Waals surface area contributed by atoms with Crippen LogP contribution < -0.4 is 0 Å². The molecule has 0 aliphatic heterocycles. The van der Waals surface area contributed by atoms with Gasteiger partial charge in [-0.1, -0.05) is 11.6 Å². The Morgan fingerprint density at radius 2 is 1.84 bits per heavy atom. The van der Waals surface area contributed by atoms with Crippen LogP contribution in [0.15, 0.2) is 36.7 Å². The fourth-order valence-corrected chi connectivity index (χ4v) is 1.62. The molecule has 0 N–H and O–H groups in total. The van der Waals surface area contributed by atoms with Gasteiger partial charge in [-0.2, -0.15) is 0 Å². The molecule has 2 rings (SSSR count). The molecule has 0 saturated carbocycles. The Kier molecular flexibility index (Phi) is 3.97. The molecule has 0 unspecified atom stereocenters. The zero-order valence-corrected chi connectivity index (χ0v) is 10.4. The van der Waals surface area contributed by atoms with Crippen LogP contribution in [-0.4, -0.2) is 21.5 Å². The smallest absolute Gasteiger partial charge is 0.207 e. The van der Waals surface area contributed by atoms with Crippen LogP contribution in [0.2, 0.25) is 5.02 Å². The van der Waals surface area contributed by atoms with Gasteiger partial charge in [-0.25, -0.2) is 14.4 Å². The summed E-state index contributed by atoms with van der Waals surface area (Å²) in [6, 6.07) is 5.12. The lowest BCUT2D eigenvalue weighted by Gasteiger charge is -2.01. The molecule has 0 bridgehead atoms. The fraction of sp³-hybridized carbons (Fsp3) is 0.0769. The Labute approximate surface area is 113 Å². The number of nitrogens with zero attached hydrogens (tertiary/aromatic N) is 2. The molecule has 96 valence electrons. The van der Waals surface area contributed by atoms with Crippen molar-refractivity contribution in [3.8, 4) is 0 Å². The lowest BCUT2D eigenvalue weighted by molar-refractivity contribution is 0.0888. The Morgan fingerprint density at radius 1 is 1.16 bits per heavy atom. The van der Waals surface area contributed by atoms with E-state index in [1.165, 1.54) is 24.5 Å². The van der Waals surface area contributed by atoms with E-state index in [4.69, 9.17) is 11.6 Å². The Morgan fingerprint density at radius 3 is 2.47 bits per heavy atom. The van der Waals surface area contributed by atoms with Crippen LogP contribution in [-0.2, 0) is 0 Å². The summed E-state index contributed by atoms with van der Waals surface area (Å²) in [7, 11) is 0. The lowest BCUT2D eigenvalue weighted by Crippen LogP contribution is -2.11. The number of benzene rings is 1. The average Bonchev–Trinajstić information content (AvgIpc) is 2.42. The van der Waals surface area contributed by atoms with Gasteiger partial charge in [0, 0.05) is 18.0 Å². The number of rotatable bonds is 4. The second-order valence-electron chi connectivity index (χ2n) is 3.72. The second-order valence-corrected chi connectivity index (χ2v) is 4.13. The van der Waals surface area contributed by atoms with Gasteiger partial charge in [0.15, 0.2) is 11.6 Å². The third-order valence-corrected chi connectivity index (χ3v) is 2.67. The van der Waals surface area contributed by atoms with E-state index < -0.39 is 17.4 Å². The van der Waals surface area contributed by atoms with E-state index in [1.807, 2.05) is 0 Å². The standard InChI is InChI=1S/C13H8ClFN2O2/c14-9-6-8(2-3-10(9)15)11(18)7-12(19)13-16-4-1-5-17-13/h1-6H,7H2. The minimum Gasteiger partial charge on any atom is -0.294 e. The number of aromatic nitrogens is 2. The molecular formula is C13H8ClFN2O2. The van der Waals surface area contributed by atoms with Gasteiger partial charge in [0.2, 0.25) is 5.78 Å². The number of halogens is 2. The van der Waals surface area contributed by atoms with E-state index in [2.05, 4.69) is 9.97 Å². The van der Waals surface area contributed by atoms with Crippen LogP contribution >= 0.6 is 11.6 Å². The first-order chi connectivity index (χ1) is 9.08. The third-order valence-electron chi connectivity index (χ3n) is 2.38. The average molecular weight is 279 g/mol. The molecule has 0 radical (unpaired) electrons. The van der Waals surface area contributed by atoms with Gasteiger partial charge in [0.1, 0.15) is 5.82 Å². The quantitative estimate of drug-likeness (QED) is 0.637. The van der Waals surface area contributed by atoms with Gasteiger partial charge in [-0.3, -0.25) is 9.59 Å². The highest BCUT2D eigenvalue weighted by Gasteiger charge is 2.16. The summed E-state index contributed by atoms with van der Waals surface area (Å²) in [5.41, 5.74) is 0.177. The summed E-state index contributed by atoms with van der Waals surface area (Å²) in [5, 5.41) is -0.158. The van der Waals surface area contributed by atoms with Crippen LogP contribution in [0.4, 0.5) is 4.39 Å². The third kappa shape index (κ3) is 3.20. The van der Waals surface area contributed by atoms with Gasteiger partial charge >= 0.3 is 0 Å². The molecular weight excluding hydrogens is 271 g/mol. The van der Waals surface area contributed by atoms with Crippen LogP contribution in [0.3, 0.4) is 0 Å². The summed E-state index contributed by atoms with van der Waals surface area (Å²) in [6.07, 6.45) is 2.45. The zero-order chi connectivity index (χ0) is 13.8. The maximum atomic E-state index is 13.0. The Bertz CT molecular complexity index is 632.